The Morgan fingerprint density at radius 3 is 2.60 bits per heavy atom. The second-order valence-electron chi connectivity index (χ2n) is 5.72. The van der Waals surface area contributed by atoms with Crippen LogP contribution >= 0.6 is 11.3 Å². The van der Waals surface area contributed by atoms with Gasteiger partial charge in [0.2, 0.25) is 0 Å². The minimum atomic E-state index is -3.00. The Labute approximate surface area is 175 Å². The topological polar surface area (TPSA) is 90.9 Å². The van der Waals surface area contributed by atoms with Crippen LogP contribution in [0.1, 0.15) is 42.9 Å². The summed E-state index contributed by atoms with van der Waals surface area (Å²) < 4.78 is 38.6. The van der Waals surface area contributed by atoms with Gasteiger partial charge in [0, 0.05) is 17.8 Å². The summed E-state index contributed by atoms with van der Waals surface area (Å²) in [5.74, 6) is -1.86. The monoisotopic (exact) mass is 439 g/mol. The van der Waals surface area contributed by atoms with Gasteiger partial charge in [-0.2, -0.15) is 8.78 Å². The highest BCUT2D eigenvalue weighted by Crippen LogP contribution is 2.34. The Morgan fingerprint density at radius 2 is 1.97 bits per heavy atom. The molecule has 0 saturated carbocycles. The van der Waals surface area contributed by atoms with Crippen LogP contribution in [0.15, 0.2) is 36.5 Å². The number of esters is 2. The number of ketones is 1. The molecule has 0 aliphatic rings. The van der Waals surface area contributed by atoms with E-state index in [4.69, 9.17) is 9.47 Å². The number of rotatable bonds is 9. The number of allylic oxidation sites excluding steroid dienone is 1. The summed E-state index contributed by atoms with van der Waals surface area (Å²) in [6, 6.07) is 5.35. The van der Waals surface area contributed by atoms with Crippen molar-refractivity contribution in [2.45, 2.75) is 20.5 Å². The Bertz CT molecular complexity index is 970. The summed E-state index contributed by atoms with van der Waals surface area (Å²) in [5.41, 5.74) is 0.674. The molecule has 0 atom stereocenters. The molecule has 30 heavy (non-hydrogen) atoms. The van der Waals surface area contributed by atoms with Crippen LogP contribution in [0, 0.1) is 6.92 Å². The average Bonchev–Trinajstić information content (AvgIpc) is 3.03. The third kappa shape index (κ3) is 5.63. The fourth-order valence-electron chi connectivity index (χ4n) is 2.47. The molecule has 0 amide bonds. The van der Waals surface area contributed by atoms with Crippen LogP contribution in [0.3, 0.4) is 0 Å². The first-order chi connectivity index (χ1) is 14.3. The zero-order valence-corrected chi connectivity index (χ0v) is 17.2. The Balaban J connectivity index is 2.22. The van der Waals surface area contributed by atoms with E-state index in [1.54, 1.807) is 13.8 Å². The van der Waals surface area contributed by atoms with Gasteiger partial charge < -0.3 is 19.5 Å². The Morgan fingerprint density at radius 1 is 1.23 bits per heavy atom. The van der Waals surface area contributed by atoms with Gasteiger partial charge in [-0.1, -0.05) is 12.1 Å². The standard InChI is InChI=1S/C20H19F2NO6S/c1-4-28-19(26)16-11(2)15(18(25)27-3)17(30-16)23-9-8-14(24)12-6-5-7-13(10-12)29-20(21)22/h5-10,20,23H,4H2,1-3H3/b9-8+. The molecule has 1 aromatic heterocycles. The van der Waals surface area contributed by atoms with Crippen molar-refractivity contribution in [1.29, 1.82) is 0 Å². The smallest absolute Gasteiger partial charge is 0.387 e. The molecule has 0 radical (unpaired) electrons. The third-order valence-corrected chi connectivity index (χ3v) is 4.99. The first kappa shape index (κ1) is 23.0. The van der Waals surface area contributed by atoms with Gasteiger partial charge in [-0.3, -0.25) is 4.79 Å². The van der Waals surface area contributed by atoms with Gasteiger partial charge >= 0.3 is 18.6 Å². The summed E-state index contributed by atoms with van der Waals surface area (Å²) in [6.45, 7) is 0.426. The van der Waals surface area contributed by atoms with Crippen molar-refractivity contribution in [3.05, 3.63) is 58.1 Å². The number of nitrogens with one attached hydrogen (secondary N) is 1. The lowest BCUT2D eigenvalue weighted by atomic mass is 10.1. The van der Waals surface area contributed by atoms with E-state index in [0.717, 1.165) is 17.4 Å². The van der Waals surface area contributed by atoms with Crippen LogP contribution in [-0.2, 0) is 9.47 Å². The molecule has 160 valence electrons. The van der Waals surface area contributed by atoms with Crippen LogP contribution in [0.2, 0.25) is 0 Å². The SMILES string of the molecule is CCOC(=O)c1sc(N/C=C/C(=O)c2cccc(OC(F)F)c2)c(C(=O)OC)c1C. The molecule has 0 bridgehead atoms. The highest BCUT2D eigenvalue weighted by Gasteiger charge is 2.25. The Hall–Kier alpha value is -3.27. The van der Waals surface area contributed by atoms with Crippen molar-refractivity contribution in [3.8, 4) is 5.75 Å². The van der Waals surface area contributed by atoms with Crippen molar-refractivity contribution in [2.75, 3.05) is 19.0 Å². The van der Waals surface area contributed by atoms with Crippen molar-refractivity contribution < 1.29 is 37.4 Å². The summed E-state index contributed by atoms with van der Waals surface area (Å²) in [7, 11) is 1.21. The maximum atomic E-state index is 12.3. The number of halogens is 2. The highest BCUT2D eigenvalue weighted by molar-refractivity contribution is 7.18. The van der Waals surface area contributed by atoms with Crippen LogP contribution in [-0.4, -0.2) is 38.1 Å². The highest BCUT2D eigenvalue weighted by atomic mass is 32.1. The lowest BCUT2D eigenvalue weighted by molar-refractivity contribution is -0.0498. The zero-order valence-electron chi connectivity index (χ0n) is 16.4. The summed E-state index contributed by atoms with van der Waals surface area (Å²) >= 11 is 0.982. The van der Waals surface area contributed by atoms with E-state index < -0.39 is 24.3 Å². The van der Waals surface area contributed by atoms with E-state index in [9.17, 15) is 23.2 Å². The molecule has 0 fully saturated rings. The molecule has 0 aliphatic heterocycles. The number of carbonyl (C=O) groups is 3. The van der Waals surface area contributed by atoms with Gasteiger partial charge in [0.05, 0.1) is 19.3 Å². The predicted molar refractivity (Wildman–Crippen MR) is 107 cm³/mol. The second kappa shape index (κ2) is 10.5. The van der Waals surface area contributed by atoms with Crippen molar-refractivity contribution in [1.82, 2.24) is 0 Å². The van der Waals surface area contributed by atoms with Gasteiger partial charge in [0.15, 0.2) is 5.78 Å². The minimum absolute atomic E-state index is 0.133. The fourth-order valence-corrected chi connectivity index (χ4v) is 3.54. The molecular formula is C20H19F2NO6S. The lowest BCUT2D eigenvalue weighted by Gasteiger charge is -2.05. The summed E-state index contributed by atoms with van der Waals surface area (Å²) in [6.07, 6.45) is 2.43. The molecule has 10 heteroatoms. The number of alkyl halides is 2. The van der Waals surface area contributed by atoms with E-state index in [1.807, 2.05) is 0 Å². The maximum absolute atomic E-state index is 12.3. The number of carbonyl (C=O) groups excluding carboxylic acids is 3. The van der Waals surface area contributed by atoms with Crippen molar-refractivity contribution >= 4 is 34.1 Å². The average molecular weight is 439 g/mol. The molecule has 7 nitrogen and oxygen atoms in total. The molecule has 0 aliphatic carbocycles. The van der Waals surface area contributed by atoms with Gasteiger partial charge in [0.1, 0.15) is 15.6 Å². The molecule has 0 spiro atoms. The predicted octanol–water partition coefficient (Wildman–Crippen LogP) is 4.43. The van der Waals surface area contributed by atoms with Gasteiger partial charge in [-0.25, -0.2) is 9.59 Å². The van der Waals surface area contributed by atoms with E-state index in [2.05, 4.69) is 10.1 Å². The van der Waals surface area contributed by atoms with E-state index in [-0.39, 0.29) is 28.4 Å². The summed E-state index contributed by atoms with van der Waals surface area (Å²) in [4.78, 5) is 36.7. The van der Waals surface area contributed by atoms with Gasteiger partial charge in [0.25, 0.3) is 0 Å². The normalized spacial score (nSPS) is 10.9. The molecule has 0 saturated heterocycles. The zero-order chi connectivity index (χ0) is 22.3. The molecule has 1 aromatic carbocycles. The largest absolute Gasteiger partial charge is 0.465 e. The number of hydrogen-bond donors (Lipinski definition) is 1. The van der Waals surface area contributed by atoms with Crippen LogP contribution in [0.4, 0.5) is 13.8 Å². The van der Waals surface area contributed by atoms with E-state index >= 15 is 0 Å². The molecule has 1 N–H and O–H groups in total. The van der Waals surface area contributed by atoms with Crippen LogP contribution in [0.25, 0.3) is 0 Å². The molecule has 1 heterocycles. The number of benzene rings is 1. The first-order valence-corrected chi connectivity index (χ1v) is 9.51. The first-order valence-electron chi connectivity index (χ1n) is 8.69. The number of anilines is 1. The number of thiophene rings is 1. The number of hydrogen-bond acceptors (Lipinski definition) is 8. The van der Waals surface area contributed by atoms with Gasteiger partial charge in [-0.05, 0) is 31.5 Å². The van der Waals surface area contributed by atoms with Crippen LogP contribution < -0.4 is 10.1 Å². The molecule has 2 aromatic rings. The van der Waals surface area contributed by atoms with Crippen molar-refractivity contribution in [3.63, 3.8) is 0 Å². The second-order valence-corrected chi connectivity index (χ2v) is 6.74. The minimum Gasteiger partial charge on any atom is -0.465 e. The van der Waals surface area contributed by atoms with Crippen molar-refractivity contribution in [2.24, 2.45) is 0 Å². The third-order valence-electron chi connectivity index (χ3n) is 3.79. The molecule has 0 unspecified atom stereocenters. The summed E-state index contributed by atoms with van der Waals surface area (Å²) in [5, 5.41) is 3.08. The lowest BCUT2D eigenvalue weighted by Crippen LogP contribution is -2.07. The number of methoxy groups -OCH3 is 1. The van der Waals surface area contributed by atoms with Crippen LogP contribution in [0.5, 0.6) is 5.75 Å². The van der Waals surface area contributed by atoms with E-state index in [1.165, 1.54) is 37.6 Å². The van der Waals surface area contributed by atoms with Gasteiger partial charge in [-0.15, -0.1) is 11.3 Å². The Kier molecular flexibility index (Phi) is 8.05. The molecule has 2 rings (SSSR count). The van der Waals surface area contributed by atoms with E-state index in [0.29, 0.717) is 10.6 Å². The fraction of sp³-hybridized carbons (Fsp3) is 0.250. The quantitative estimate of drug-likeness (QED) is 0.351. The molecular weight excluding hydrogens is 420 g/mol. The maximum Gasteiger partial charge on any atom is 0.387 e. The number of ether oxygens (including phenoxy) is 3.